The minimum absolute atomic E-state index is 0.146. The Bertz CT molecular complexity index is 403. The molecule has 1 aliphatic rings. The van der Waals surface area contributed by atoms with Crippen LogP contribution in [0.1, 0.15) is 40.0 Å². The molecule has 1 aliphatic carbocycles. The summed E-state index contributed by atoms with van der Waals surface area (Å²) < 4.78 is 5.71. The van der Waals surface area contributed by atoms with Crippen molar-refractivity contribution in [1.82, 2.24) is 0 Å². The van der Waals surface area contributed by atoms with Gasteiger partial charge in [-0.1, -0.05) is 19.4 Å². The molecule has 1 fully saturated rings. The molecule has 2 rings (SSSR count). The van der Waals surface area contributed by atoms with Crippen molar-refractivity contribution in [3.05, 3.63) is 18.2 Å². The third kappa shape index (κ3) is 2.89. The molecule has 0 saturated heterocycles. The van der Waals surface area contributed by atoms with Gasteiger partial charge in [-0.05, 0) is 44.7 Å². The zero-order valence-electron chi connectivity index (χ0n) is 11.6. The molecule has 0 amide bonds. The quantitative estimate of drug-likeness (QED) is 0.799. The number of hydrogen-bond acceptors (Lipinski definition) is 3. The number of nitrogen functional groups attached to an aromatic ring is 1. The molecule has 0 spiro atoms. The second kappa shape index (κ2) is 5.51. The fraction of sp³-hybridized carbons (Fsp3) is 0.600. The molecule has 2 atom stereocenters. The second-order valence-electron chi connectivity index (χ2n) is 5.54. The monoisotopic (exact) mass is 248 g/mol. The summed E-state index contributed by atoms with van der Waals surface area (Å²) >= 11 is 0. The summed E-state index contributed by atoms with van der Waals surface area (Å²) in [6.45, 7) is 6.33. The summed E-state index contributed by atoms with van der Waals surface area (Å²) in [7, 11) is 0. The molecular weight excluding hydrogens is 224 g/mol. The SMILES string of the molecule is CC(C)Oc1cccc(NC2CCCC2C)c1N. The van der Waals surface area contributed by atoms with E-state index in [1.54, 1.807) is 0 Å². The van der Waals surface area contributed by atoms with E-state index in [2.05, 4.69) is 12.2 Å². The first-order chi connectivity index (χ1) is 8.58. The molecule has 0 radical (unpaired) electrons. The van der Waals surface area contributed by atoms with Gasteiger partial charge in [0.15, 0.2) is 0 Å². The fourth-order valence-electron chi connectivity index (χ4n) is 2.59. The van der Waals surface area contributed by atoms with Crippen LogP contribution < -0.4 is 15.8 Å². The Morgan fingerprint density at radius 2 is 2.11 bits per heavy atom. The van der Waals surface area contributed by atoms with Crippen LogP contribution in [0.5, 0.6) is 5.75 Å². The van der Waals surface area contributed by atoms with E-state index in [4.69, 9.17) is 10.5 Å². The smallest absolute Gasteiger partial charge is 0.144 e. The lowest BCUT2D eigenvalue weighted by Gasteiger charge is -2.21. The van der Waals surface area contributed by atoms with Crippen molar-refractivity contribution in [3.8, 4) is 5.75 Å². The molecule has 2 unspecified atom stereocenters. The summed E-state index contributed by atoms with van der Waals surface area (Å²) in [5.74, 6) is 1.50. The molecule has 0 aromatic heterocycles. The average Bonchev–Trinajstić information content (AvgIpc) is 2.70. The van der Waals surface area contributed by atoms with Crippen molar-refractivity contribution in [1.29, 1.82) is 0 Å². The molecule has 0 heterocycles. The van der Waals surface area contributed by atoms with Crippen molar-refractivity contribution in [3.63, 3.8) is 0 Å². The van der Waals surface area contributed by atoms with Gasteiger partial charge in [0.05, 0.1) is 17.5 Å². The summed E-state index contributed by atoms with van der Waals surface area (Å²) in [6.07, 6.45) is 3.99. The van der Waals surface area contributed by atoms with Gasteiger partial charge in [-0.15, -0.1) is 0 Å². The minimum atomic E-state index is 0.146. The molecule has 1 aromatic carbocycles. The largest absolute Gasteiger partial charge is 0.489 e. The summed E-state index contributed by atoms with van der Waals surface area (Å²) in [5, 5.41) is 3.57. The number of benzene rings is 1. The molecule has 3 N–H and O–H groups in total. The van der Waals surface area contributed by atoms with Crippen molar-refractivity contribution in [2.75, 3.05) is 11.1 Å². The highest BCUT2D eigenvalue weighted by atomic mass is 16.5. The second-order valence-corrected chi connectivity index (χ2v) is 5.54. The number of para-hydroxylation sites is 1. The standard InChI is InChI=1S/C15H24N2O/c1-10(2)18-14-9-5-8-13(15(14)16)17-12-7-4-6-11(12)3/h5,8-12,17H,4,6-7,16H2,1-3H3. The molecule has 1 aromatic rings. The summed E-state index contributed by atoms with van der Waals surface area (Å²) in [4.78, 5) is 0. The maximum atomic E-state index is 6.17. The maximum absolute atomic E-state index is 6.17. The molecule has 3 nitrogen and oxygen atoms in total. The zero-order chi connectivity index (χ0) is 13.1. The molecular formula is C15H24N2O. The van der Waals surface area contributed by atoms with E-state index in [1.165, 1.54) is 19.3 Å². The number of rotatable bonds is 4. The first-order valence-electron chi connectivity index (χ1n) is 6.89. The Kier molecular flexibility index (Phi) is 4.00. The first-order valence-corrected chi connectivity index (χ1v) is 6.89. The van der Waals surface area contributed by atoms with Crippen LogP contribution in [0.2, 0.25) is 0 Å². The lowest BCUT2D eigenvalue weighted by Crippen LogP contribution is -2.22. The van der Waals surface area contributed by atoms with Crippen molar-refractivity contribution in [2.45, 2.75) is 52.2 Å². The normalized spacial score (nSPS) is 23.3. The lowest BCUT2D eigenvalue weighted by molar-refractivity contribution is 0.244. The Morgan fingerprint density at radius 1 is 1.33 bits per heavy atom. The molecule has 0 bridgehead atoms. The Morgan fingerprint density at radius 3 is 2.72 bits per heavy atom. The highest BCUT2D eigenvalue weighted by Crippen LogP contribution is 2.34. The number of ether oxygens (including phenoxy) is 1. The van der Waals surface area contributed by atoms with Gasteiger partial charge in [-0.3, -0.25) is 0 Å². The van der Waals surface area contributed by atoms with Crippen LogP contribution in [-0.4, -0.2) is 12.1 Å². The summed E-state index contributed by atoms with van der Waals surface area (Å²) in [5.41, 5.74) is 7.90. The Balaban J connectivity index is 2.12. The topological polar surface area (TPSA) is 47.3 Å². The van der Waals surface area contributed by atoms with E-state index in [1.807, 2.05) is 32.0 Å². The van der Waals surface area contributed by atoms with Crippen LogP contribution in [-0.2, 0) is 0 Å². The molecule has 3 heteroatoms. The van der Waals surface area contributed by atoms with Gasteiger partial charge < -0.3 is 15.8 Å². The predicted octanol–water partition coefficient (Wildman–Crippen LogP) is 3.66. The van der Waals surface area contributed by atoms with Crippen LogP contribution in [0.25, 0.3) is 0 Å². The van der Waals surface area contributed by atoms with E-state index < -0.39 is 0 Å². The number of nitrogens with one attached hydrogen (secondary N) is 1. The lowest BCUT2D eigenvalue weighted by atomic mass is 10.1. The maximum Gasteiger partial charge on any atom is 0.144 e. The number of anilines is 2. The Labute approximate surface area is 110 Å². The van der Waals surface area contributed by atoms with Gasteiger partial charge in [0.1, 0.15) is 5.75 Å². The highest BCUT2D eigenvalue weighted by Gasteiger charge is 2.23. The molecule has 1 saturated carbocycles. The highest BCUT2D eigenvalue weighted by molar-refractivity contribution is 5.73. The number of nitrogens with two attached hydrogens (primary N) is 1. The third-order valence-electron chi connectivity index (χ3n) is 3.63. The average molecular weight is 248 g/mol. The summed E-state index contributed by atoms with van der Waals surface area (Å²) in [6, 6.07) is 6.50. The third-order valence-corrected chi connectivity index (χ3v) is 3.63. The van der Waals surface area contributed by atoms with Crippen LogP contribution in [0.3, 0.4) is 0 Å². The van der Waals surface area contributed by atoms with Crippen LogP contribution in [0.4, 0.5) is 11.4 Å². The van der Waals surface area contributed by atoms with E-state index in [9.17, 15) is 0 Å². The van der Waals surface area contributed by atoms with Crippen LogP contribution >= 0.6 is 0 Å². The number of hydrogen-bond donors (Lipinski definition) is 2. The van der Waals surface area contributed by atoms with Crippen molar-refractivity contribution in [2.24, 2.45) is 5.92 Å². The van der Waals surface area contributed by atoms with E-state index >= 15 is 0 Å². The van der Waals surface area contributed by atoms with Crippen LogP contribution in [0, 0.1) is 5.92 Å². The van der Waals surface area contributed by atoms with Gasteiger partial charge in [-0.2, -0.15) is 0 Å². The molecule has 100 valence electrons. The van der Waals surface area contributed by atoms with E-state index in [0.29, 0.717) is 6.04 Å². The van der Waals surface area contributed by atoms with Gasteiger partial charge in [-0.25, -0.2) is 0 Å². The zero-order valence-corrected chi connectivity index (χ0v) is 11.6. The van der Waals surface area contributed by atoms with Gasteiger partial charge in [0, 0.05) is 6.04 Å². The molecule has 18 heavy (non-hydrogen) atoms. The van der Waals surface area contributed by atoms with Crippen molar-refractivity contribution >= 4 is 11.4 Å². The van der Waals surface area contributed by atoms with E-state index in [-0.39, 0.29) is 6.10 Å². The fourth-order valence-corrected chi connectivity index (χ4v) is 2.59. The Hall–Kier alpha value is -1.38. The van der Waals surface area contributed by atoms with Gasteiger partial charge in [0.25, 0.3) is 0 Å². The molecule has 0 aliphatic heterocycles. The van der Waals surface area contributed by atoms with Crippen LogP contribution in [0.15, 0.2) is 18.2 Å². The first kappa shape index (κ1) is 13.1. The van der Waals surface area contributed by atoms with Gasteiger partial charge in [0.2, 0.25) is 0 Å². The predicted molar refractivity (Wildman–Crippen MR) is 77.0 cm³/mol. The van der Waals surface area contributed by atoms with E-state index in [0.717, 1.165) is 23.0 Å². The van der Waals surface area contributed by atoms with Gasteiger partial charge >= 0.3 is 0 Å². The minimum Gasteiger partial charge on any atom is -0.489 e. The van der Waals surface area contributed by atoms with Crippen molar-refractivity contribution < 1.29 is 4.74 Å².